The molecule has 0 saturated heterocycles. The van der Waals surface area contributed by atoms with Crippen LogP contribution in [-0.4, -0.2) is 22.0 Å². The molecule has 3 rings (SSSR count). The minimum Gasteiger partial charge on any atom is -0.478 e. The fourth-order valence-electron chi connectivity index (χ4n) is 2.56. The Morgan fingerprint density at radius 2 is 2.00 bits per heavy atom. The van der Waals surface area contributed by atoms with Gasteiger partial charge in [-0.15, -0.1) is 0 Å². The summed E-state index contributed by atoms with van der Waals surface area (Å²) in [7, 11) is 0. The minimum absolute atomic E-state index is 0.157. The predicted molar refractivity (Wildman–Crippen MR) is 87.2 cm³/mol. The molecule has 2 aromatic carbocycles. The SMILES string of the molecule is O=C(Cc1c[nH]c2cc(F)ccc12)NCc1cccc(C(=O)O)c1. The fraction of sp³-hybridized carbons (Fsp3) is 0.111. The van der Waals surface area contributed by atoms with E-state index >= 15 is 0 Å². The highest BCUT2D eigenvalue weighted by Crippen LogP contribution is 2.19. The number of fused-ring (bicyclic) bond motifs is 1. The van der Waals surface area contributed by atoms with Crippen molar-refractivity contribution in [3.8, 4) is 0 Å². The van der Waals surface area contributed by atoms with E-state index in [1.807, 2.05) is 0 Å². The first-order chi connectivity index (χ1) is 11.5. The number of aromatic carboxylic acids is 1. The predicted octanol–water partition coefficient (Wildman–Crippen LogP) is 2.86. The molecule has 6 heteroatoms. The van der Waals surface area contributed by atoms with Crippen molar-refractivity contribution in [3.63, 3.8) is 0 Å². The zero-order chi connectivity index (χ0) is 17.1. The number of hydrogen-bond donors (Lipinski definition) is 3. The number of H-pyrrole nitrogens is 1. The van der Waals surface area contributed by atoms with Gasteiger partial charge in [-0.25, -0.2) is 9.18 Å². The number of carbonyl (C=O) groups excluding carboxylic acids is 1. The summed E-state index contributed by atoms with van der Waals surface area (Å²) in [5.41, 5.74) is 2.32. The highest BCUT2D eigenvalue weighted by atomic mass is 19.1. The molecule has 0 unspecified atom stereocenters. The molecule has 0 bridgehead atoms. The van der Waals surface area contributed by atoms with E-state index in [1.165, 1.54) is 24.3 Å². The standard InChI is InChI=1S/C18H15FN2O3/c19-14-4-5-15-13(10-20-16(15)8-14)7-17(22)21-9-11-2-1-3-12(6-11)18(23)24/h1-6,8,10,20H,7,9H2,(H,21,22)(H,23,24). The van der Waals surface area contributed by atoms with Crippen LogP contribution in [0.1, 0.15) is 21.5 Å². The van der Waals surface area contributed by atoms with Crippen LogP contribution in [0.25, 0.3) is 10.9 Å². The Bertz CT molecular complexity index is 918. The molecule has 0 spiro atoms. The lowest BCUT2D eigenvalue weighted by molar-refractivity contribution is -0.120. The largest absolute Gasteiger partial charge is 0.478 e. The number of carboxylic acids is 1. The van der Waals surface area contributed by atoms with E-state index in [1.54, 1.807) is 24.4 Å². The third-order valence-electron chi connectivity index (χ3n) is 3.74. The third kappa shape index (κ3) is 3.43. The van der Waals surface area contributed by atoms with Gasteiger partial charge < -0.3 is 15.4 Å². The van der Waals surface area contributed by atoms with Crippen molar-refractivity contribution in [2.75, 3.05) is 0 Å². The molecular weight excluding hydrogens is 311 g/mol. The lowest BCUT2D eigenvalue weighted by atomic mass is 10.1. The Morgan fingerprint density at radius 1 is 1.17 bits per heavy atom. The van der Waals surface area contributed by atoms with Crippen LogP contribution in [0.2, 0.25) is 0 Å². The maximum absolute atomic E-state index is 13.2. The van der Waals surface area contributed by atoms with Gasteiger partial charge in [-0.3, -0.25) is 4.79 Å². The summed E-state index contributed by atoms with van der Waals surface area (Å²) in [6.07, 6.45) is 1.85. The fourth-order valence-corrected chi connectivity index (χ4v) is 2.56. The van der Waals surface area contributed by atoms with Crippen molar-refractivity contribution in [2.45, 2.75) is 13.0 Å². The first-order valence-corrected chi connectivity index (χ1v) is 7.37. The highest BCUT2D eigenvalue weighted by Gasteiger charge is 2.10. The number of aromatic nitrogens is 1. The molecule has 0 aliphatic carbocycles. The van der Waals surface area contributed by atoms with Crippen LogP contribution < -0.4 is 5.32 Å². The zero-order valence-electron chi connectivity index (χ0n) is 12.7. The Labute approximate surface area is 137 Å². The number of aromatic amines is 1. The summed E-state index contributed by atoms with van der Waals surface area (Å²) in [6.45, 7) is 0.247. The Morgan fingerprint density at radius 3 is 2.79 bits per heavy atom. The Hall–Kier alpha value is -3.15. The maximum Gasteiger partial charge on any atom is 0.335 e. The molecule has 0 aliphatic rings. The van der Waals surface area contributed by atoms with Gasteiger partial charge in [-0.05, 0) is 41.5 Å². The van der Waals surface area contributed by atoms with Crippen molar-refractivity contribution < 1.29 is 19.1 Å². The zero-order valence-corrected chi connectivity index (χ0v) is 12.7. The number of carboxylic acid groups (broad SMARTS) is 1. The first kappa shape index (κ1) is 15.7. The smallest absolute Gasteiger partial charge is 0.335 e. The quantitative estimate of drug-likeness (QED) is 0.674. The molecule has 0 atom stereocenters. The van der Waals surface area contributed by atoms with Gasteiger partial charge in [0.05, 0.1) is 12.0 Å². The number of nitrogens with one attached hydrogen (secondary N) is 2. The molecule has 0 aliphatic heterocycles. The molecule has 3 N–H and O–H groups in total. The van der Waals surface area contributed by atoms with Gasteiger partial charge in [0.15, 0.2) is 0 Å². The second-order valence-corrected chi connectivity index (χ2v) is 5.46. The molecule has 1 heterocycles. The summed E-state index contributed by atoms with van der Waals surface area (Å²) < 4.78 is 13.2. The number of halogens is 1. The van der Waals surface area contributed by atoms with E-state index in [0.717, 1.165) is 10.9 Å². The van der Waals surface area contributed by atoms with Crippen molar-refractivity contribution >= 4 is 22.8 Å². The number of hydrogen-bond acceptors (Lipinski definition) is 2. The molecule has 122 valence electrons. The van der Waals surface area contributed by atoms with E-state index < -0.39 is 5.97 Å². The molecular formula is C18H15FN2O3. The second kappa shape index (κ2) is 6.54. The van der Waals surface area contributed by atoms with Gasteiger partial charge in [0.1, 0.15) is 5.82 Å². The van der Waals surface area contributed by atoms with Gasteiger partial charge in [-0.1, -0.05) is 12.1 Å². The van der Waals surface area contributed by atoms with Crippen LogP contribution >= 0.6 is 0 Å². The van der Waals surface area contributed by atoms with Crippen LogP contribution in [0.3, 0.4) is 0 Å². The van der Waals surface area contributed by atoms with E-state index in [-0.39, 0.29) is 30.3 Å². The lowest BCUT2D eigenvalue weighted by Gasteiger charge is -2.06. The van der Waals surface area contributed by atoms with Crippen LogP contribution in [0.15, 0.2) is 48.7 Å². The van der Waals surface area contributed by atoms with Gasteiger partial charge >= 0.3 is 5.97 Å². The van der Waals surface area contributed by atoms with E-state index in [9.17, 15) is 14.0 Å². The Kier molecular flexibility index (Phi) is 4.29. The average Bonchev–Trinajstić information content (AvgIpc) is 2.95. The summed E-state index contributed by atoms with van der Waals surface area (Å²) >= 11 is 0. The molecule has 3 aromatic rings. The van der Waals surface area contributed by atoms with Crippen LogP contribution in [-0.2, 0) is 17.8 Å². The molecule has 1 amide bonds. The van der Waals surface area contributed by atoms with Crippen LogP contribution in [0.5, 0.6) is 0 Å². The van der Waals surface area contributed by atoms with Crippen molar-refractivity contribution in [2.24, 2.45) is 0 Å². The first-order valence-electron chi connectivity index (χ1n) is 7.37. The molecule has 24 heavy (non-hydrogen) atoms. The maximum atomic E-state index is 13.2. The Balaban J connectivity index is 1.65. The summed E-state index contributed by atoms with van der Waals surface area (Å²) in [5.74, 6) is -1.53. The van der Waals surface area contributed by atoms with E-state index in [0.29, 0.717) is 11.1 Å². The summed E-state index contributed by atoms with van der Waals surface area (Å²) in [5, 5.41) is 12.5. The molecule has 0 radical (unpaired) electrons. The van der Waals surface area contributed by atoms with Crippen LogP contribution in [0.4, 0.5) is 4.39 Å². The van der Waals surface area contributed by atoms with E-state index in [2.05, 4.69) is 10.3 Å². The van der Waals surface area contributed by atoms with Gasteiger partial charge in [0.2, 0.25) is 5.91 Å². The molecule has 5 nitrogen and oxygen atoms in total. The molecule has 0 saturated carbocycles. The van der Waals surface area contributed by atoms with Gasteiger partial charge in [0.25, 0.3) is 0 Å². The number of benzene rings is 2. The molecule has 0 fully saturated rings. The minimum atomic E-state index is -1.01. The van der Waals surface area contributed by atoms with Crippen molar-refractivity contribution in [1.29, 1.82) is 0 Å². The van der Waals surface area contributed by atoms with Gasteiger partial charge in [0, 0.05) is 23.6 Å². The third-order valence-corrected chi connectivity index (χ3v) is 3.74. The topological polar surface area (TPSA) is 82.2 Å². The molecule has 1 aromatic heterocycles. The second-order valence-electron chi connectivity index (χ2n) is 5.46. The highest BCUT2D eigenvalue weighted by molar-refractivity contribution is 5.89. The van der Waals surface area contributed by atoms with Crippen molar-refractivity contribution in [3.05, 3.63) is 71.2 Å². The number of carbonyl (C=O) groups is 2. The lowest BCUT2D eigenvalue weighted by Crippen LogP contribution is -2.24. The normalized spacial score (nSPS) is 10.7. The van der Waals surface area contributed by atoms with Crippen molar-refractivity contribution in [1.82, 2.24) is 10.3 Å². The van der Waals surface area contributed by atoms with Gasteiger partial charge in [-0.2, -0.15) is 0 Å². The monoisotopic (exact) mass is 326 g/mol. The number of rotatable bonds is 5. The summed E-state index contributed by atoms with van der Waals surface area (Å²) in [6, 6.07) is 10.8. The van der Waals surface area contributed by atoms with E-state index in [4.69, 9.17) is 5.11 Å². The average molecular weight is 326 g/mol. The van der Waals surface area contributed by atoms with Crippen LogP contribution in [0, 0.1) is 5.82 Å². The number of amides is 1. The summed E-state index contributed by atoms with van der Waals surface area (Å²) in [4.78, 5) is 26.0.